The molecule has 6 rings (SSSR count). The largest absolute Gasteiger partial charge is 0.469 e. The number of carbonyl (C=O) groups is 1. The van der Waals surface area contributed by atoms with Gasteiger partial charge in [-0.15, -0.1) is 11.8 Å². The number of hydrogen-bond donors (Lipinski definition) is 1. The highest BCUT2D eigenvalue weighted by Crippen LogP contribution is 2.52. The van der Waals surface area contributed by atoms with Crippen LogP contribution in [0.5, 0.6) is 5.88 Å². The summed E-state index contributed by atoms with van der Waals surface area (Å²) < 4.78 is 91.8. The van der Waals surface area contributed by atoms with Crippen LogP contribution < -0.4 is 9.64 Å². The van der Waals surface area contributed by atoms with Crippen molar-refractivity contribution in [2.24, 2.45) is 4.99 Å². The van der Waals surface area contributed by atoms with Gasteiger partial charge in [0.15, 0.2) is 0 Å². The van der Waals surface area contributed by atoms with Gasteiger partial charge in [0.25, 0.3) is 5.88 Å². The Morgan fingerprint density at radius 1 is 1.04 bits per heavy atom. The van der Waals surface area contributed by atoms with Gasteiger partial charge in [-0.1, -0.05) is 11.6 Å². The van der Waals surface area contributed by atoms with Crippen molar-refractivity contribution in [1.82, 2.24) is 15.0 Å². The van der Waals surface area contributed by atoms with Crippen molar-refractivity contribution in [3.8, 4) is 17.0 Å². The summed E-state index contributed by atoms with van der Waals surface area (Å²) in [6.45, 7) is 10.7. The maximum absolute atomic E-state index is 15.5. The van der Waals surface area contributed by atoms with Crippen LogP contribution in [0.25, 0.3) is 11.1 Å². The number of nitrogens with zero attached hydrogens (tertiary/aromatic N) is 5. The first kappa shape index (κ1) is 36.0. The SMILES string of the molecule is Cc1cc(O[C@@H]2CSc3c(-c4cc(Cl)c(F)cc4F)c(C(F)(F)F)cc4c3N(C2)C(O)N=C4N2C[C@@H](C)N(C(=O)OC(C)(C)C)[C@@H](C)C2)no1. The monoisotopic (exact) mass is 743 g/mol. The summed E-state index contributed by atoms with van der Waals surface area (Å²) in [4.78, 5) is 22.3. The van der Waals surface area contributed by atoms with E-state index in [2.05, 4.69) is 10.1 Å². The fraction of sp³-hybridized carbons (Fsp3) is 0.485. The molecule has 270 valence electrons. The zero-order chi connectivity index (χ0) is 36.4. The van der Waals surface area contributed by atoms with Gasteiger partial charge in [-0.25, -0.2) is 18.6 Å². The van der Waals surface area contributed by atoms with Gasteiger partial charge in [-0.3, -0.25) is 4.90 Å². The lowest BCUT2D eigenvalue weighted by molar-refractivity contribution is -0.137. The molecule has 0 spiro atoms. The molecule has 1 unspecified atom stereocenters. The zero-order valence-corrected chi connectivity index (χ0v) is 29.5. The van der Waals surface area contributed by atoms with Crippen LogP contribution in [0, 0.1) is 18.6 Å². The normalized spacial score (nSPS) is 22.6. The maximum Gasteiger partial charge on any atom is 0.417 e. The van der Waals surface area contributed by atoms with Crippen LogP contribution in [0.3, 0.4) is 0 Å². The number of rotatable bonds is 3. The van der Waals surface area contributed by atoms with Crippen LogP contribution in [-0.2, 0) is 10.9 Å². The number of halogens is 6. The third-order valence-corrected chi connectivity index (χ3v) is 9.93. The second kappa shape index (κ2) is 13.1. The van der Waals surface area contributed by atoms with E-state index in [1.165, 1.54) is 4.90 Å². The predicted molar refractivity (Wildman–Crippen MR) is 177 cm³/mol. The number of alkyl halides is 3. The van der Waals surface area contributed by atoms with Gasteiger partial charge in [0.1, 0.15) is 34.9 Å². The number of ether oxygens (including phenoxy) is 2. The molecule has 0 radical (unpaired) electrons. The van der Waals surface area contributed by atoms with Gasteiger partial charge < -0.3 is 28.9 Å². The van der Waals surface area contributed by atoms with Crippen LogP contribution in [0.4, 0.5) is 32.4 Å². The average Bonchev–Trinajstić information content (AvgIpc) is 3.30. The van der Waals surface area contributed by atoms with E-state index in [0.717, 1.165) is 23.9 Å². The number of benzene rings is 2. The van der Waals surface area contributed by atoms with Crippen LogP contribution in [0.1, 0.15) is 51.5 Å². The third kappa shape index (κ3) is 6.93. The standard InChI is InChI=1S/C33H35ClF5N5O5S/c1-15-11-42(12-16(2)44(15)31(46)48-32(4,5)6)29-20-8-21(33(37,38)39)26(19-9-22(34)24(36)10-23(19)35)28-27(20)43(30(45)40-29)13-18(14-50-28)47-25-7-17(3)49-41-25/h7-10,15-16,18,30,45H,11-14H2,1-6H3/t15-,16+,18-,30?/m0/s1. The molecule has 1 N–H and O–H groups in total. The molecule has 10 nitrogen and oxygen atoms in total. The number of aryl methyl sites for hydroxylation is 1. The first-order chi connectivity index (χ1) is 23.3. The second-order valence-corrected chi connectivity index (χ2v) is 15.0. The van der Waals surface area contributed by atoms with Gasteiger partial charge in [0, 0.05) is 52.6 Å². The number of aromatic nitrogens is 1. The fourth-order valence-electron chi connectivity index (χ4n) is 6.51. The molecule has 4 atom stereocenters. The highest BCUT2D eigenvalue weighted by atomic mass is 35.5. The summed E-state index contributed by atoms with van der Waals surface area (Å²) in [5, 5.41) is 14.9. The van der Waals surface area contributed by atoms with Crippen molar-refractivity contribution >= 4 is 41.0 Å². The van der Waals surface area contributed by atoms with Crippen molar-refractivity contribution in [3.63, 3.8) is 0 Å². The van der Waals surface area contributed by atoms with E-state index < -0.39 is 75.8 Å². The first-order valence-electron chi connectivity index (χ1n) is 15.8. The summed E-state index contributed by atoms with van der Waals surface area (Å²) in [5.41, 5.74) is -2.88. The van der Waals surface area contributed by atoms with Crippen molar-refractivity contribution in [3.05, 3.63) is 57.8 Å². The third-order valence-electron chi connectivity index (χ3n) is 8.42. The summed E-state index contributed by atoms with van der Waals surface area (Å²) in [7, 11) is 0. The number of carbonyl (C=O) groups excluding carboxylic acids is 1. The average molecular weight is 744 g/mol. The number of amides is 1. The number of thioether (sulfide) groups is 1. The Balaban J connectivity index is 1.50. The van der Waals surface area contributed by atoms with Gasteiger partial charge >= 0.3 is 12.3 Å². The molecule has 50 heavy (non-hydrogen) atoms. The highest BCUT2D eigenvalue weighted by Gasteiger charge is 2.45. The van der Waals surface area contributed by atoms with E-state index in [1.807, 2.05) is 0 Å². The lowest BCUT2D eigenvalue weighted by Gasteiger charge is -2.47. The zero-order valence-electron chi connectivity index (χ0n) is 27.9. The number of aliphatic imine (C=N–C) groups is 1. The van der Waals surface area contributed by atoms with Crippen LogP contribution in [-0.4, -0.2) is 87.5 Å². The minimum absolute atomic E-state index is 0.0289. The van der Waals surface area contributed by atoms with Crippen molar-refractivity contribution < 1.29 is 45.8 Å². The number of anilines is 1. The quantitative estimate of drug-likeness (QED) is 0.218. The van der Waals surface area contributed by atoms with Crippen molar-refractivity contribution in [2.45, 2.75) is 82.8 Å². The van der Waals surface area contributed by atoms with Crippen LogP contribution >= 0.6 is 23.4 Å². The fourth-order valence-corrected chi connectivity index (χ4v) is 7.93. The Morgan fingerprint density at radius 2 is 1.72 bits per heavy atom. The molecular weight excluding hydrogens is 709 g/mol. The van der Waals surface area contributed by atoms with Gasteiger partial charge in [0.05, 0.1) is 34.9 Å². The Kier molecular flexibility index (Phi) is 9.44. The smallest absolute Gasteiger partial charge is 0.417 e. The molecule has 1 fully saturated rings. The molecule has 0 bridgehead atoms. The molecule has 3 aliphatic rings. The highest BCUT2D eigenvalue weighted by molar-refractivity contribution is 7.99. The van der Waals surface area contributed by atoms with Crippen molar-refractivity contribution in [2.75, 3.05) is 30.3 Å². The van der Waals surface area contributed by atoms with E-state index >= 15 is 17.6 Å². The Hall–Kier alpha value is -3.76. The lowest BCUT2D eigenvalue weighted by Crippen LogP contribution is -2.61. The summed E-state index contributed by atoms with van der Waals surface area (Å²) in [6, 6.07) is 2.77. The summed E-state index contributed by atoms with van der Waals surface area (Å²) >= 11 is 6.96. The molecule has 3 aromatic rings. The summed E-state index contributed by atoms with van der Waals surface area (Å²) in [6.07, 6.45) is -7.90. The van der Waals surface area contributed by atoms with Crippen molar-refractivity contribution in [1.29, 1.82) is 0 Å². The molecule has 17 heteroatoms. The number of piperazine rings is 1. The molecule has 1 aromatic heterocycles. The van der Waals surface area contributed by atoms with E-state index in [4.69, 9.17) is 25.6 Å². The van der Waals surface area contributed by atoms with E-state index in [0.29, 0.717) is 11.8 Å². The molecule has 2 aromatic carbocycles. The topological polar surface area (TPSA) is 104 Å². The molecule has 3 aliphatic heterocycles. The molecule has 1 saturated heterocycles. The number of aliphatic hydroxyl groups excluding tert-OH is 1. The van der Waals surface area contributed by atoms with E-state index in [1.54, 1.807) is 57.4 Å². The Bertz CT molecular complexity index is 1840. The summed E-state index contributed by atoms with van der Waals surface area (Å²) in [5.74, 6) is -1.67. The van der Waals surface area contributed by atoms with Crippen LogP contribution in [0.2, 0.25) is 5.02 Å². The first-order valence-corrected chi connectivity index (χ1v) is 17.1. The molecule has 0 saturated carbocycles. The second-order valence-electron chi connectivity index (χ2n) is 13.5. The van der Waals surface area contributed by atoms with Crippen LogP contribution in [0.15, 0.2) is 38.7 Å². The Morgan fingerprint density at radius 3 is 2.32 bits per heavy atom. The predicted octanol–water partition coefficient (Wildman–Crippen LogP) is 7.33. The Labute approximate surface area is 294 Å². The molecule has 0 aliphatic carbocycles. The lowest BCUT2D eigenvalue weighted by atomic mass is 9.92. The molecular formula is C33H35ClF5N5O5S. The maximum atomic E-state index is 15.5. The van der Waals surface area contributed by atoms with Gasteiger partial charge in [-0.05, 0) is 58.8 Å². The van der Waals surface area contributed by atoms with Gasteiger partial charge in [0.2, 0.25) is 6.35 Å². The number of hydrogen-bond acceptors (Lipinski definition) is 10. The minimum atomic E-state index is -5.02. The molecule has 1 amide bonds. The minimum Gasteiger partial charge on any atom is -0.469 e. The van der Waals surface area contributed by atoms with Gasteiger partial charge in [-0.2, -0.15) is 13.2 Å². The number of amidine groups is 1. The van der Waals surface area contributed by atoms with E-state index in [9.17, 15) is 14.3 Å². The number of aliphatic hydroxyl groups is 1. The van der Waals surface area contributed by atoms with E-state index in [-0.39, 0.29) is 53.2 Å². The molecule has 4 heterocycles.